The van der Waals surface area contributed by atoms with Gasteiger partial charge in [0.05, 0.1) is 56.4 Å². The van der Waals surface area contributed by atoms with Gasteiger partial charge in [0, 0.05) is 38.9 Å². The summed E-state index contributed by atoms with van der Waals surface area (Å²) in [5, 5.41) is 24.6. The fraction of sp³-hybridized carbons (Fsp3) is 0.0435. The first-order chi connectivity index (χ1) is 24.6. The molecule has 4 nitrogen and oxygen atoms in total. The summed E-state index contributed by atoms with van der Waals surface area (Å²) in [4.78, 5) is 0. The van der Waals surface area contributed by atoms with Crippen molar-refractivity contribution in [3.8, 4) is 29.0 Å². The first-order valence-corrected chi connectivity index (χ1v) is 16.6. The molecule has 0 aliphatic heterocycles. The predicted octanol–water partition coefficient (Wildman–Crippen LogP) is 11.1. The van der Waals surface area contributed by atoms with Crippen molar-refractivity contribution in [3.05, 3.63) is 174 Å². The minimum absolute atomic E-state index is 0.00387. The Morgan fingerprint density at radius 3 is 1.96 bits per heavy atom. The third-order valence-corrected chi connectivity index (χ3v) is 9.83. The highest BCUT2D eigenvalue weighted by Crippen LogP contribution is 2.41. The molecule has 8 aromatic rings. The van der Waals surface area contributed by atoms with E-state index in [0.717, 1.165) is 66.5 Å². The Balaban J connectivity index is 1.27. The number of allylic oxidation sites excluding steroid dienone is 6. The molecular weight excluding hydrogens is 609 g/mol. The Labute approximate surface area is 290 Å². The normalized spacial score (nSPS) is 14.5. The van der Waals surface area contributed by atoms with Gasteiger partial charge < -0.3 is 9.13 Å². The molecule has 9 rings (SSSR count). The summed E-state index contributed by atoms with van der Waals surface area (Å²) >= 11 is 0. The van der Waals surface area contributed by atoms with E-state index in [2.05, 4.69) is 156 Å². The molecule has 0 saturated carbocycles. The van der Waals surface area contributed by atoms with Crippen molar-refractivity contribution in [3.63, 3.8) is 0 Å². The SMILES string of the molecule is C[C@@H]1C=CC(C#N)=CC(c2ccc(-c3cc(C#N)ccc3-n3c4ccccc4c4ccccc43)cc2)=C1n1c2ccc#cc2c2ccccc21. The molecule has 0 N–H and O–H groups in total. The van der Waals surface area contributed by atoms with Gasteiger partial charge in [0.2, 0.25) is 0 Å². The molecule has 1 aliphatic rings. The van der Waals surface area contributed by atoms with Gasteiger partial charge in [-0.3, -0.25) is 0 Å². The van der Waals surface area contributed by atoms with Crippen molar-refractivity contribution in [1.82, 2.24) is 9.13 Å². The third kappa shape index (κ3) is 4.47. The number of fused-ring (bicyclic) bond motifs is 6. The van der Waals surface area contributed by atoms with Gasteiger partial charge in [-0.15, -0.1) is 0 Å². The fourth-order valence-corrected chi connectivity index (χ4v) is 7.57. The predicted molar refractivity (Wildman–Crippen MR) is 203 cm³/mol. The van der Waals surface area contributed by atoms with Crippen LogP contribution in [0.5, 0.6) is 0 Å². The Hall–Kier alpha value is -7.06. The number of hydrogen-bond donors (Lipinski definition) is 0. The second-order valence-corrected chi connectivity index (χ2v) is 12.7. The van der Waals surface area contributed by atoms with Gasteiger partial charge in [-0.25, -0.2) is 0 Å². The van der Waals surface area contributed by atoms with Crippen molar-refractivity contribution in [2.75, 3.05) is 0 Å². The lowest BCUT2D eigenvalue weighted by Gasteiger charge is -2.21. The second kappa shape index (κ2) is 11.6. The van der Waals surface area contributed by atoms with Crippen LogP contribution < -0.4 is 0 Å². The van der Waals surface area contributed by atoms with Crippen molar-refractivity contribution in [2.24, 2.45) is 5.92 Å². The molecule has 0 spiro atoms. The van der Waals surface area contributed by atoms with Gasteiger partial charge in [-0.2, -0.15) is 10.5 Å². The average molecular weight is 637 g/mol. The second-order valence-electron chi connectivity index (χ2n) is 12.7. The van der Waals surface area contributed by atoms with Crippen molar-refractivity contribution < 1.29 is 0 Å². The molecule has 0 saturated heterocycles. The van der Waals surface area contributed by atoms with Crippen LogP contribution in [-0.4, -0.2) is 9.13 Å². The van der Waals surface area contributed by atoms with Crippen molar-refractivity contribution in [2.45, 2.75) is 6.92 Å². The van der Waals surface area contributed by atoms with Crippen LogP contribution in [0, 0.1) is 40.7 Å². The molecule has 0 bridgehead atoms. The van der Waals surface area contributed by atoms with E-state index in [1.165, 1.54) is 10.8 Å². The standard InChI is InChI=1S/C46H28N4/c1-30-18-19-31(28-47)27-40(46(30)50-43-16-8-4-12-37(43)38-13-5-9-17-44(38)50)34-23-21-33(22-24-34)39-26-32(29-48)20-25-45(39)49-41-14-6-2-10-35(41)36-11-3-7-15-42(36)49/h2-4,6-12,14-27,30H,1H3/t30-/m1/s1. The van der Waals surface area contributed by atoms with E-state index in [0.29, 0.717) is 11.1 Å². The van der Waals surface area contributed by atoms with Crippen LogP contribution in [0.2, 0.25) is 0 Å². The summed E-state index contributed by atoms with van der Waals surface area (Å²) in [6, 6.07) is 55.0. The summed E-state index contributed by atoms with van der Waals surface area (Å²) in [5.41, 5.74) is 11.6. The number of hydrogen-bond acceptors (Lipinski definition) is 2. The largest absolute Gasteiger partial charge is 0.311 e. The molecular formula is C46H28N4. The lowest BCUT2D eigenvalue weighted by Crippen LogP contribution is -2.07. The molecule has 1 aliphatic carbocycles. The number of rotatable bonds is 4. The van der Waals surface area contributed by atoms with E-state index in [9.17, 15) is 10.5 Å². The number of para-hydroxylation sites is 3. The van der Waals surface area contributed by atoms with E-state index < -0.39 is 0 Å². The maximum Gasteiger partial charge on any atom is 0.0991 e. The molecule has 1 atom stereocenters. The number of benzene rings is 5. The highest BCUT2D eigenvalue weighted by atomic mass is 15.0. The molecule has 2 aromatic heterocycles. The van der Waals surface area contributed by atoms with Crippen LogP contribution in [-0.2, 0) is 0 Å². The topological polar surface area (TPSA) is 57.4 Å². The maximum absolute atomic E-state index is 10.1. The van der Waals surface area contributed by atoms with E-state index in [4.69, 9.17) is 0 Å². The zero-order valence-electron chi connectivity index (χ0n) is 27.2. The molecule has 2 heterocycles. The summed E-state index contributed by atoms with van der Waals surface area (Å²) in [6.45, 7) is 2.18. The zero-order chi connectivity index (χ0) is 33.8. The molecule has 232 valence electrons. The minimum atomic E-state index is 0.00387. The Morgan fingerprint density at radius 1 is 0.640 bits per heavy atom. The fourth-order valence-electron chi connectivity index (χ4n) is 7.57. The third-order valence-electron chi connectivity index (χ3n) is 9.83. The van der Waals surface area contributed by atoms with Crippen molar-refractivity contribution >= 4 is 54.9 Å². The van der Waals surface area contributed by atoms with Gasteiger partial charge in [-0.1, -0.05) is 104 Å². The lowest BCUT2D eigenvalue weighted by molar-refractivity contribution is 0.901. The van der Waals surface area contributed by atoms with Gasteiger partial charge in [0.1, 0.15) is 0 Å². The zero-order valence-corrected chi connectivity index (χ0v) is 27.2. The Morgan fingerprint density at radius 2 is 1.28 bits per heavy atom. The summed E-state index contributed by atoms with van der Waals surface area (Å²) in [7, 11) is 0. The van der Waals surface area contributed by atoms with Gasteiger partial charge >= 0.3 is 0 Å². The highest BCUT2D eigenvalue weighted by Gasteiger charge is 2.23. The number of nitriles is 2. The lowest BCUT2D eigenvalue weighted by atomic mass is 9.94. The average Bonchev–Trinajstić information content (AvgIpc) is 3.62. The molecule has 6 aromatic carbocycles. The van der Waals surface area contributed by atoms with E-state index in [-0.39, 0.29) is 5.92 Å². The van der Waals surface area contributed by atoms with Crippen LogP contribution in [0.15, 0.2) is 151 Å². The quantitative estimate of drug-likeness (QED) is 0.193. The van der Waals surface area contributed by atoms with Gasteiger partial charge in [0.25, 0.3) is 0 Å². The number of nitrogens with zero attached hydrogens (tertiary/aromatic N) is 4. The maximum atomic E-state index is 10.1. The van der Waals surface area contributed by atoms with Gasteiger partial charge in [0.15, 0.2) is 0 Å². The smallest absolute Gasteiger partial charge is 0.0991 e. The van der Waals surface area contributed by atoms with Crippen LogP contribution in [0.1, 0.15) is 18.1 Å². The summed E-state index contributed by atoms with van der Waals surface area (Å²) < 4.78 is 4.62. The molecule has 50 heavy (non-hydrogen) atoms. The van der Waals surface area contributed by atoms with Crippen LogP contribution in [0.4, 0.5) is 0 Å². The minimum Gasteiger partial charge on any atom is -0.311 e. The van der Waals surface area contributed by atoms with E-state index in [1.54, 1.807) is 0 Å². The molecule has 0 radical (unpaired) electrons. The molecule has 0 fully saturated rings. The van der Waals surface area contributed by atoms with Crippen LogP contribution >= 0.6 is 0 Å². The molecule has 0 amide bonds. The number of aromatic nitrogens is 2. The summed E-state index contributed by atoms with van der Waals surface area (Å²) in [5.74, 6) is 0.00387. The molecule has 4 heteroatoms. The van der Waals surface area contributed by atoms with E-state index in [1.807, 2.05) is 30.4 Å². The Kier molecular flexibility index (Phi) is 6.74. The first kappa shape index (κ1) is 29.1. The van der Waals surface area contributed by atoms with Crippen LogP contribution in [0.3, 0.4) is 0 Å². The summed E-state index contributed by atoms with van der Waals surface area (Å²) in [6.07, 6.45) is 6.03. The van der Waals surface area contributed by atoms with Crippen molar-refractivity contribution in [1.29, 1.82) is 10.5 Å². The molecule has 0 unspecified atom stereocenters. The first-order valence-electron chi connectivity index (χ1n) is 16.6. The Bertz CT molecular complexity index is 2730. The monoisotopic (exact) mass is 636 g/mol. The van der Waals surface area contributed by atoms with Gasteiger partial charge in [-0.05, 0) is 71.8 Å². The van der Waals surface area contributed by atoms with Crippen LogP contribution in [0.25, 0.3) is 71.7 Å². The highest BCUT2D eigenvalue weighted by molar-refractivity contribution is 6.12. The van der Waals surface area contributed by atoms with E-state index >= 15 is 0 Å².